The predicted molar refractivity (Wildman–Crippen MR) is 93.0 cm³/mol. The number of carbonyl (C=O) groups is 1. The van der Waals surface area contributed by atoms with E-state index in [0.717, 1.165) is 13.4 Å². The fraction of sp³-hybridized carbons (Fsp3) is 0. The summed E-state index contributed by atoms with van der Waals surface area (Å²) in [6.45, 7) is 0. The van der Waals surface area contributed by atoms with E-state index in [1.165, 1.54) is 0 Å². The molecule has 0 saturated heterocycles. The fourth-order valence-electron chi connectivity index (χ4n) is 1.55. The highest BCUT2D eigenvalue weighted by molar-refractivity contribution is 9.11. The molecule has 2 aromatic rings. The maximum absolute atomic E-state index is 12.0. The minimum atomic E-state index is -0.348. The van der Waals surface area contributed by atoms with Crippen LogP contribution in [-0.2, 0) is 0 Å². The van der Waals surface area contributed by atoms with Crippen LogP contribution in [0.5, 0.6) is 0 Å². The number of benzene rings is 2. The van der Waals surface area contributed by atoms with Crippen LogP contribution >= 0.6 is 47.8 Å². The minimum absolute atomic E-state index is 0.348. The van der Waals surface area contributed by atoms with E-state index in [-0.39, 0.29) is 6.03 Å². The first-order valence-corrected chi connectivity index (χ1v) is 7.91. The Morgan fingerprint density at radius 2 is 1.65 bits per heavy atom. The summed E-state index contributed by atoms with van der Waals surface area (Å²) in [5.74, 6) is 0. The molecule has 4 N–H and O–H groups in total. The van der Waals surface area contributed by atoms with Crippen molar-refractivity contribution in [1.29, 1.82) is 0 Å². The van der Waals surface area contributed by atoms with Gasteiger partial charge in [0.15, 0.2) is 0 Å². The van der Waals surface area contributed by atoms with Crippen LogP contribution in [0.4, 0.5) is 21.9 Å². The van der Waals surface area contributed by atoms with Crippen molar-refractivity contribution in [1.82, 2.24) is 0 Å². The van der Waals surface area contributed by atoms with Gasteiger partial charge in [-0.25, -0.2) is 4.79 Å². The zero-order valence-electron chi connectivity index (χ0n) is 10.1. The van der Waals surface area contributed by atoms with Crippen molar-refractivity contribution in [2.75, 3.05) is 16.4 Å². The normalized spacial score (nSPS) is 10.2. The smallest absolute Gasteiger partial charge is 0.323 e. The Kier molecular flexibility index (Phi) is 5.06. The maximum Gasteiger partial charge on any atom is 0.323 e. The molecule has 2 amide bonds. The average molecular weight is 464 g/mol. The second-order valence-corrected chi connectivity index (χ2v) is 6.57. The number of nitrogen functional groups attached to an aromatic ring is 1. The standard InChI is InChI=1S/C13H10Br3N3O/c14-7-4-10(15)12(11(16)5-7)19-13(20)18-9-3-1-2-8(17)6-9/h1-6H,17H2,(H2,18,19,20). The van der Waals surface area contributed by atoms with Crippen LogP contribution in [0.15, 0.2) is 49.8 Å². The van der Waals surface area contributed by atoms with Gasteiger partial charge in [0.2, 0.25) is 0 Å². The molecule has 2 rings (SSSR count). The topological polar surface area (TPSA) is 67.1 Å². The van der Waals surface area contributed by atoms with Gasteiger partial charge in [-0.2, -0.15) is 0 Å². The van der Waals surface area contributed by atoms with Crippen LogP contribution in [-0.4, -0.2) is 6.03 Å². The van der Waals surface area contributed by atoms with Gasteiger partial charge in [-0.15, -0.1) is 0 Å². The first kappa shape index (κ1) is 15.3. The number of nitrogens with one attached hydrogen (secondary N) is 2. The Balaban J connectivity index is 2.13. The Morgan fingerprint density at radius 3 is 2.25 bits per heavy atom. The van der Waals surface area contributed by atoms with Gasteiger partial charge in [0, 0.05) is 24.8 Å². The number of nitrogens with two attached hydrogens (primary N) is 1. The van der Waals surface area contributed by atoms with Crippen LogP contribution in [0.1, 0.15) is 0 Å². The molecular formula is C13H10Br3N3O. The summed E-state index contributed by atoms with van der Waals surface area (Å²) in [7, 11) is 0. The number of hydrogen-bond donors (Lipinski definition) is 3. The molecule has 104 valence electrons. The zero-order valence-corrected chi connectivity index (χ0v) is 14.8. The largest absolute Gasteiger partial charge is 0.399 e. The summed E-state index contributed by atoms with van der Waals surface area (Å²) in [5.41, 5.74) is 7.53. The second-order valence-electron chi connectivity index (χ2n) is 3.95. The average Bonchev–Trinajstić information content (AvgIpc) is 2.33. The number of rotatable bonds is 2. The van der Waals surface area contributed by atoms with Gasteiger partial charge in [0.1, 0.15) is 0 Å². The summed E-state index contributed by atoms with van der Waals surface area (Å²) >= 11 is 10.2. The molecule has 0 aliphatic heterocycles. The van der Waals surface area contributed by atoms with Crippen LogP contribution in [0.3, 0.4) is 0 Å². The third kappa shape index (κ3) is 3.97. The lowest BCUT2D eigenvalue weighted by atomic mass is 10.3. The summed E-state index contributed by atoms with van der Waals surface area (Å²) in [4.78, 5) is 12.0. The molecule has 7 heteroatoms. The summed E-state index contributed by atoms with van der Waals surface area (Å²) in [5, 5.41) is 5.49. The number of halogens is 3. The van der Waals surface area contributed by atoms with Crippen molar-refractivity contribution in [3.63, 3.8) is 0 Å². The molecule has 0 saturated carbocycles. The monoisotopic (exact) mass is 461 g/mol. The lowest BCUT2D eigenvalue weighted by Crippen LogP contribution is -2.20. The van der Waals surface area contributed by atoms with Gasteiger partial charge in [-0.3, -0.25) is 0 Å². The van der Waals surface area contributed by atoms with E-state index < -0.39 is 0 Å². The molecule has 0 bridgehead atoms. The van der Waals surface area contributed by atoms with Crippen molar-refractivity contribution < 1.29 is 4.79 Å². The van der Waals surface area contributed by atoms with Crippen molar-refractivity contribution in [2.24, 2.45) is 0 Å². The quantitative estimate of drug-likeness (QED) is 0.536. The molecule has 0 atom stereocenters. The second kappa shape index (κ2) is 6.60. The summed E-state index contributed by atoms with van der Waals surface area (Å²) in [6, 6.07) is 10.3. The van der Waals surface area contributed by atoms with Crippen LogP contribution in [0.25, 0.3) is 0 Å². The van der Waals surface area contributed by atoms with Gasteiger partial charge in [0.25, 0.3) is 0 Å². The number of carbonyl (C=O) groups excluding carboxylic acids is 1. The highest BCUT2D eigenvalue weighted by atomic mass is 79.9. The molecule has 0 radical (unpaired) electrons. The first-order valence-electron chi connectivity index (χ1n) is 5.54. The lowest BCUT2D eigenvalue weighted by molar-refractivity contribution is 0.262. The first-order chi connectivity index (χ1) is 9.45. The van der Waals surface area contributed by atoms with E-state index in [4.69, 9.17) is 5.73 Å². The van der Waals surface area contributed by atoms with E-state index in [1.807, 2.05) is 12.1 Å². The van der Waals surface area contributed by atoms with E-state index in [1.54, 1.807) is 24.3 Å². The predicted octanol–water partition coefficient (Wildman–Crippen LogP) is 5.20. The van der Waals surface area contributed by atoms with Gasteiger partial charge in [-0.1, -0.05) is 22.0 Å². The van der Waals surface area contributed by atoms with Crippen LogP contribution in [0, 0.1) is 0 Å². The van der Waals surface area contributed by atoms with Crippen molar-refractivity contribution in [2.45, 2.75) is 0 Å². The zero-order chi connectivity index (χ0) is 14.7. The number of urea groups is 1. The highest BCUT2D eigenvalue weighted by Crippen LogP contribution is 2.34. The SMILES string of the molecule is Nc1cccc(NC(=O)Nc2c(Br)cc(Br)cc2Br)c1. The molecule has 0 spiro atoms. The number of hydrogen-bond acceptors (Lipinski definition) is 2. The number of amides is 2. The molecule has 4 nitrogen and oxygen atoms in total. The van der Waals surface area contributed by atoms with Gasteiger partial charge in [-0.05, 0) is 62.2 Å². The van der Waals surface area contributed by atoms with Crippen molar-refractivity contribution in [3.05, 3.63) is 49.8 Å². The third-order valence-electron chi connectivity index (χ3n) is 2.39. The Hall–Kier alpha value is -1.05. The Morgan fingerprint density at radius 1 is 1.00 bits per heavy atom. The minimum Gasteiger partial charge on any atom is -0.399 e. The van der Waals surface area contributed by atoms with E-state index in [0.29, 0.717) is 17.1 Å². The van der Waals surface area contributed by atoms with E-state index in [9.17, 15) is 4.79 Å². The summed E-state index contributed by atoms with van der Waals surface area (Å²) in [6.07, 6.45) is 0. The molecule has 20 heavy (non-hydrogen) atoms. The van der Waals surface area contributed by atoms with Crippen LogP contribution < -0.4 is 16.4 Å². The van der Waals surface area contributed by atoms with E-state index in [2.05, 4.69) is 58.4 Å². The van der Waals surface area contributed by atoms with Gasteiger partial charge >= 0.3 is 6.03 Å². The molecule has 0 fully saturated rings. The van der Waals surface area contributed by atoms with Crippen molar-refractivity contribution >= 4 is 70.9 Å². The van der Waals surface area contributed by atoms with Crippen molar-refractivity contribution in [3.8, 4) is 0 Å². The maximum atomic E-state index is 12.0. The molecule has 0 aliphatic rings. The molecule has 0 unspecified atom stereocenters. The molecule has 0 aliphatic carbocycles. The summed E-state index contributed by atoms with van der Waals surface area (Å²) < 4.78 is 2.43. The fourth-order valence-corrected chi connectivity index (χ4v) is 4.01. The highest BCUT2D eigenvalue weighted by Gasteiger charge is 2.10. The van der Waals surface area contributed by atoms with Gasteiger partial charge < -0.3 is 16.4 Å². The van der Waals surface area contributed by atoms with E-state index >= 15 is 0 Å². The van der Waals surface area contributed by atoms with Crippen LogP contribution in [0.2, 0.25) is 0 Å². The third-order valence-corrected chi connectivity index (χ3v) is 4.10. The number of anilines is 3. The lowest BCUT2D eigenvalue weighted by Gasteiger charge is -2.11. The molecule has 0 heterocycles. The Bertz CT molecular complexity index is 638. The van der Waals surface area contributed by atoms with Gasteiger partial charge in [0.05, 0.1) is 5.69 Å². The molecule has 2 aromatic carbocycles. The molecule has 0 aromatic heterocycles. The molecular weight excluding hydrogens is 454 g/mol. The Labute approximate surface area is 141 Å².